The van der Waals surface area contributed by atoms with E-state index in [0.717, 1.165) is 22.3 Å². The number of fused-ring (bicyclic) bond motifs is 3. The van der Waals surface area contributed by atoms with Gasteiger partial charge < -0.3 is 9.84 Å². The van der Waals surface area contributed by atoms with Crippen LogP contribution in [0.4, 0.5) is 0 Å². The van der Waals surface area contributed by atoms with Crippen molar-refractivity contribution in [2.45, 2.75) is 18.3 Å². The van der Waals surface area contributed by atoms with Crippen LogP contribution >= 0.6 is 0 Å². The van der Waals surface area contributed by atoms with E-state index in [1.54, 1.807) is 24.3 Å². The summed E-state index contributed by atoms with van der Waals surface area (Å²) in [6, 6.07) is 25.0. The lowest BCUT2D eigenvalue weighted by Crippen LogP contribution is -2.19. The first kappa shape index (κ1) is 18.0. The quantitative estimate of drug-likeness (QED) is 0.642. The highest BCUT2D eigenvalue weighted by molar-refractivity contribution is 5.83. The Morgan fingerprint density at radius 3 is 1.93 bits per heavy atom. The number of hydrogen-bond acceptors (Lipinski definition) is 3. The van der Waals surface area contributed by atoms with E-state index in [2.05, 4.69) is 24.3 Å². The third-order valence-corrected chi connectivity index (χ3v) is 5.24. The van der Waals surface area contributed by atoms with Crippen molar-refractivity contribution >= 4 is 11.9 Å². The van der Waals surface area contributed by atoms with E-state index < -0.39 is 17.9 Å². The zero-order chi connectivity index (χ0) is 19.5. The average molecular weight is 372 g/mol. The van der Waals surface area contributed by atoms with Crippen LogP contribution in [0.15, 0.2) is 78.9 Å². The van der Waals surface area contributed by atoms with Crippen molar-refractivity contribution in [1.29, 1.82) is 0 Å². The molecule has 1 aliphatic carbocycles. The number of hydrogen-bond donors (Lipinski definition) is 1. The number of carbonyl (C=O) groups excluding carboxylic acids is 1. The van der Waals surface area contributed by atoms with Crippen molar-refractivity contribution in [3.8, 4) is 11.1 Å². The van der Waals surface area contributed by atoms with Crippen LogP contribution in [0.25, 0.3) is 11.1 Å². The van der Waals surface area contributed by atoms with Gasteiger partial charge in [0.15, 0.2) is 0 Å². The molecule has 4 heteroatoms. The lowest BCUT2D eigenvalue weighted by molar-refractivity contribution is -0.149. The molecule has 0 saturated carbocycles. The van der Waals surface area contributed by atoms with Gasteiger partial charge in [-0.25, -0.2) is 0 Å². The predicted octanol–water partition coefficient (Wildman–Crippen LogP) is 4.60. The lowest BCUT2D eigenvalue weighted by Gasteiger charge is -2.16. The minimum Gasteiger partial charge on any atom is -0.481 e. The maximum absolute atomic E-state index is 12.4. The van der Waals surface area contributed by atoms with E-state index in [-0.39, 0.29) is 18.9 Å². The largest absolute Gasteiger partial charge is 0.481 e. The van der Waals surface area contributed by atoms with Gasteiger partial charge in [-0.3, -0.25) is 9.59 Å². The Morgan fingerprint density at radius 1 is 0.821 bits per heavy atom. The normalized spacial score (nSPS) is 13.4. The van der Waals surface area contributed by atoms with Crippen molar-refractivity contribution in [1.82, 2.24) is 0 Å². The maximum atomic E-state index is 12.4. The van der Waals surface area contributed by atoms with Crippen LogP contribution in [0, 0.1) is 0 Å². The molecule has 1 aliphatic rings. The summed E-state index contributed by atoms with van der Waals surface area (Å²) >= 11 is 0. The van der Waals surface area contributed by atoms with Gasteiger partial charge in [-0.1, -0.05) is 78.9 Å². The zero-order valence-corrected chi connectivity index (χ0v) is 15.2. The lowest BCUT2D eigenvalue weighted by atomic mass is 9.96. The van der Waals surface area contributed by atoms with E-state index in [9.17, 15) is 14.7 Å². The van der Waals surface area contributed by atoms with Gasteiger partial charge in [0.1, 0.15) is 6.61 Å². The van der Waals surface area contributed by atoms with E-state index in [4.69, 9.17) is 4.74 Å². The van der Waals surface area contributed by atoms with Crippen LogP contribution in [0.3, 0.4) is 0 Å². The van der Waals surface area contributed by atoms with Crippen molar-refractivity contribution in [2.75, 3.05) is 6.61 Å². The van der Waals surface area contributed by atoms with Gasteiger partial charge in [-0.15, -0.1) is 0 Å². The summed E-state index contributed by atoms with van der Waals surface area (Å²) < 4.78 is 5.54. The minimum absolute atomic E-state index is 0.0312. The van der Waals surface area contributed by atoms with Gasteiger partial charge in [0, 0.05) is 5.92 Å². The van der Waals surface area contributed by atoms with E-state index in [0.29, 0.717) is 5.56 Å². The molecule has 0 heterocycles. The molecule has 0 aliphatic heterocycles. The molecule has 3 aromatic rings. The number of aliphatic carboxylic acids is 1. The van der Waals surface area contributed by atoms with Crippen LogP contribution < -0.4 is 0 Å². The third-order valence-electron chi connectivity index (χ3n) is 5.24. The smallest absolute Gasteiger partial charge is 0.311 e. The van der Waals surface area contributed by atoms with Crippen molar-refractivity contribution in [2.24, 2.45) is 0 Å². The molecule has 0 bridgehead atoms. The van der Waals surface area contributed by atoms with Gasteiger partial charge >= 0.3 is 11.9 Å². The number of carboxylic acid groups (broad SMARTS) is 1. The first-order valence-corrected chi connectivity index (χ1v) is 9.26. The highest BCUT2D eigenvalue weighted by Gasteiger charge is 2.30. The van der Waals surface area contributed by atoms with Gasteiger partial charge in [-0.05, 0) is 27.8 Å². The molecule has 1 unspecified atom stereocenters. The number of ether oxygens (including phenoxy) is 1. The average Bonchev–Trinajstić information content (AvgIpc) is 3.05. The molecule has 0 amide bonds. The number of rotatable bonds is 6. The first-order chi connectivity index (χ1) is 13.6. The summed E-state index contributed by atoms with van der Waals surface area (Å²) in [5.41, 5.74) is 5.19. The number of esters is 1. The van der Waals surface area contributed by atoms with E-state index in [1.165, 1.54) is 0 Å². The Labute approximate surface area is 163 Å². The monoisotopic (exact) mass is 372 g/mol. The summed E-state index contributed by atoms with van der Waals surface area (Å²) in [6.45, 7) is 0.202. The highest BCUT2D eigenvalue weighted by atomic mass is 16.5. The molecule has 1 N–H and O–H groups in total. The Bertz CT molecular complexity index is 964. The Kier molecular flexibility index (Phi) is 4.94. The Morgan fingerprint density at radius 2 is 1.36 bits per heavy atom. The highest BCUT2D eigenvalue weighted by Crippen LogP contribution is 2.44. The summed E-state index contributed by atoms with van der Waals surface area (Å²) in [5.74, 6) is -2.47. The second-order valence-corrected chi connectivity index (χ2v) is 6.92. The van der Waals surface area contributed by atoms with Gasteiger partial charge in [0.2, 0.25) is 0 Å². The molecule has 0 radical (unpaired) electrons. The van der Waals surface area contributed by atoms with Crippen molar-refractivity contribution in [3.05, 3.63) is 95.6 Å². The molecule has 28 heavy (non-hydrogen) atoms. The second-order valence-electron chi connectivity index (χ2n) is 6.92. The topological polar surface area (TPSA) is 63.6 Å². The Hall–Kier alpha value is -3.40. The van der Waals surface area contributed by atoms with Crippen LogP contribution in [0.5, 0.6) is 0 Å². The molecular formula is C24H20O4. The number of benzene rings is 3. The summed E-state index contributed by atoms with van der Waals surface area (Å²) in [7, 11) is 0. The molecule has 0 fully saturated rings. The van der Waals surface area contributed by atoms with E-state index >= 15 is 0 Å². The number of carboxylic acids is 1. The van der Waals surface area contributed by atoms with E-state index in [1.807, 2.05) is 30.3 Å². The van der Waals surface area contributed by atoms with Crippen molar-refractivity contribution < 1.29 is 19.4 Å². The third kappa shape index (κ3) is 3.41. The molecule has 0 saturated heterocycles. The molecule has 0 spiro atoms. The van der Waals surface area contributed by atoms with Gasteiger partial charge in [0.25, 0.3) is 0 Å². The number of carbonyl (C=O) groups is 2. The fourth-order valence-corrected chi connectivity index (χ4v) is 3.87. The molecule has 4 rings (SSSR count). The standard InChI is InChI=1S/C24H20O4/c25-23(14-21(24(26)27)16-8-2-1-3-9-16)28-15-22-19-12-6-4-10-17(19)18-11-5-7-13-20(18)22/h1-13,21-22H,14-15H2,(H,26,27). The fourth-order valence-electron chi connectivity index (χ4n) is 3.87. The zero-order valence-electron chi connectivity index (χ0n) is 15.2. The van der Waals surface area contributed by atoms with Crippen LogP contribution in [-0.2, 0) is 14.3 Å². The first-order valence-electron chi connectivity index (χ1n) is 9.26. The van der Waals surface area contributed by atoms with Gasteiger partial charge in [-0.2, -0.15) is 0 Å². The molecule has 140 valence electrons. The fraction of sp³-hybridized carbons (Fsp3) is 0.167. The molecule has 3 aromatic carbocycles. The minimum atomic E-state index is -1.03. The Balaban J connectivity index is 1.49. The molecular weight excluding hydrogens is 352 g/mol. The second kappa shape index (κ2) is 7.69. The molecule has 4 nitrogen and oxygen atoms in total. The summed E-state index contributed by atoms with van der Waals surface area (Å²) in [6.07, 6.45) is -0.185. The predicted molar refractivity (Wildman–Crippen MR) is 106 cm³/mol. The molecule has 0 aromatic heterocycles. The van der Waals surface area contributed by atoms with Gasteiger partial charge in [0.05, 0.1) is 12.3 Å². The van der Waals surface area contributed by atoms with Crippen LogP contribution in [-0.4, -0.2) is 23.7 Å². The van der Waals surface area contributed by atoms with Crippen LogP contribution in [0.2, 0.25) is 0 Å². The summed E-state index contributed by atoms with van der Waals surface area (Å²) in [5, 5.41) is 9.51. The maximum Gasteiger partial charge on any atom is 0.311 e. The molecule has 1 atom stereocenters. The summed E-state index contributed by atoms with van der Waals surface area (Å²) in [4.78, 5) is 24.0. The SMILES string of the molecule is O=C(CC(C(=O)O)c1ccccc1)OCC1c2ccccc2-c2ccccc21. The van der Waals surface area contributed by atoms with Crippen LogP contribution in [0.1, 0.15) is 34.9 Å². The van der Waals surface area contributed by atoms with Crippen molar-refractivity contribution in [3.63, 3.8) is 0 Å².